The van der Waals surface area contributed by atoms with Crippen LogP contribution in [0.25, 0.3) is 33.4 Å². The maximum atomic E-state index is 7.84. The molecule has 0 aromatic heterocycles. The zero-order valence-corrected chi connectivity index (χ0v) is 63.1. The molecule has 5 aliphatic carbocycles. The molecule has 4 aliphatic heterocycles. The summed E-state index contributed by atoms with van der Waals surface area (Å²) < 4.78 is 7.84. The number of hydrogen-bond acceptors (Lipinski definition) is 6. The van der Waals surface area contributed by atoms with Crippen LogP contribution in [0.15, 0.2) is 345 Å². The van der Waals surface area contributed by atoms with E-state index in [4.69, 9.17) is 4.74 Å². The summed E-state index contributed by atoms with van der Waals surface area (Å²) >= 11 is 2.34. The van der Waals surface area contributed by atoms with Gasteiger partial charge < -0.3 is 24.3 Å². The fourth-order valence-electron chi connectivity index (χ4n) is 21.8. The van der Waals surface area contributed by atoms with E-state index in [1.165, 1.54) is 113 Å². The molecule has 108 heavy (non-hydrogen) atoms. The van der Waals surface area contributed by atoms with E-state index in [-0.39, 0.29) is 78.0 Å². The maximum absolute atomic E-state index is 7.84. The normalized spacial score (nSPS) is 26.4. The smallest absolute Gasteiger partial charge is 0.225 e. The summed E-state index contributed by atoms with van der Waals surface area (Å²) in [4.78, 5) is 11.6. The van der Waals surface area contributed by atoms with Crippen molar-refractivity contribution >= 4 is 64.5 Å². The first-order chi connectivity index (χ1) is 53.2. The Morgan fingerprint density at radius 1 is 0.444 bits per heavy atom. The monoisotopic (exact) mass is 1420 g/mol. The van der Waals surface area contributed by atoms with Crippen molar-refractivity contribution in [3.8, 4) is 39.1 Å². The molecule has 4 heterocycles. The summed E-state index contributed by atoms with van der Waals surface area (Å²) in [5, 5.41) is 0.550. The van der Waals surface area contributed by atoms with E-state index in [0.717, 1.165) is 44.3 Å². The second kappa shape index (κ2) is 28.1. The van der Waals surface area contributed by atoms with E-state index >= 15 is 0 Å². The van der Waals surface area contributed by atoms with Gasteiger partial charge in [0, 0.05) is 93.0 Å². The highest BCUT2D eigenvalue weighted by Gasteiger charge is 2.63. The van der Waals surface area contributed by atoms with Crippen molar-refractivity contribution in [3.05, 3.63) is 362 Å². The fraction of sp³-hybridized carbons (Fsp3) is 0.260. The average Bonchev–Trinajstić information content (AvgIpc) is 0.692. The van der Waals surface area contributed by atoms with Crippen molar-refractivity contribution in [1.29, 1.82) is 0 Å². The molecule has 3 saturated carbocycles. The Morgan fingerprint density at radius 2 is 0.981 bits per heavy atom. The molecule has 2 saturated heterocycles. The highest BCUT2D eigenvalue weighted by molar-refractivity contribution is 8.01. The summed E-state index contributed by atoms with van der Waals surface area (Å²) in [7, 11) is 0. The molecule has 9 aliphatic rings. The standard InChI is InChI=1S/C100H94B2N4OS/c1-100(2,3)76-51-41-75(42-52-76)84-35-19-22-38-89(84)106-91-66-96-88(65-87(91)102-86-37-21-24-40-94(86)107-95-63-82(61-92(106)98(95)102)103(78-53-43-71(44-54-78)67-25-9-4-10-26-67)79-55-45-72(46-56-79)68-27-11-5-12-28-68)101-85-36-20-23-39-90(85)105(77-33-17-8-18-34-77)93-62-83(64-97(108-96)99(93)101)104(80-57-47-73(48-58-80)69-29-13-6-14-30-69)81-59-49-74(50-60-81)70-31-15-7-16-32-70/h4-44,47-54,57-60,65-66,72,79,82-84,88-89,92-93,95-99H,45-46,55-56,61-64H2,1-3H3. The number of fused-ring (bicyclic) bond motifs is 8. The van der Waals surface area contributed by atoms with Crippen LogP contribution in [-0.4, -0.2) is 71.2 Å². The number of thioether (sulfide) groups is 1. The highest BCUT2D eigenvalue weighted by Crippen LogP contribution is 2.63. The van der Waals surface area contributed by atoms with Crippen LogP contribution in [0, 0.1) is 0 Å². The van der Waals surface area contributed by atoms with Gasteiger partial charge in [-0.3, -0.25) is 0 Å². The zero-order chi connectivity index (χ0) is 72.0. The lowest BCUT2D eigenvalue weighted by molar-refractivity contribution is 0.0579. The lowest BCUT2D eigenvalue weighted by Crippen LogP contribution is -2.69. The molecule has 8 heteroatoms. The number of rotatable bonds is 13. The second-order valence-corrected chi connectivity index (χ2v) is 34.8. The Morgan fingerprint density at radius 3 is 1.60 bits per heavy atom. The number of nitrogens with zero attached hydrogens (tertiary/aromatic N) is 4. The molecule has 0 bridgehead atoms. The molecular formula is C100H94B2N4OS. The Labute approximate surface area is 645 Å². The molecule has 5 nitrogen and oxygen atoms in total. The SMILES string of the molecule is CC(C)(C)c1ccc(C2C=CC=CC2N2C3=CC4SC5CC(N(c6ccc(-c7ccccc7)cc6)c6ccc(-c7ccccc7)cc6)CC6C5B(c5ccccc5N6c5ccccc5)C4C=C3B3c4ccccc4OC4CC(N(c5ccc(-c6ccccc6)cc5)C5CCC(c6ccccc6)CC5)CC2C34)cc1. The van der Waals surface area contributed by atoms with Crippen LogP contribution in [0.3, 0.4) is 0 Å². The van der Waals surface area contributed by atoms with Gasteiger partial charge in [0.2, 0.25) is 6.71 Å². The molecule has 0 spiro atoms. The largest absolute Gasteiger partial charge is 0.491 e. The number of benzene rings is 11. The van der Waals surface area contributed by atoms with Gasteiger partial charge in [-0.15, -0.1) is 0 Å². The molecule has 20 rings (SSSR count). The van der Waals surface area contributed by atoms with Crippen LogP contribution < -0.4 is 30.4 Å². The Balaban J connectivity index is 0.746. The van der Waals surface area contributed by atoms with Gasteiger partial charge >= 0.3 is 0 Å². The predicted octanol–water partition coefficient (Wildman–Crippen LogP) is 22.7. The topological polar surface area (TPSA) is 22.2 Å². The van der Waals surface area contributed by atoms with E-state index in [9.17, 15) is 0 Å². The summed E-state index contributed by atoms with van der Waals surface area (Å²) in [6.07, 6.45) is 24.5. The van der Waals surface area contributed by atoms with E-state index in [0.29, 0.717) is 23.0 Å². The van der Waals surface area contributed by atoms with Crippen LogP contribution in [0.5, 0.6) is 5.75 Å². The van der Waals surface area contributed by atoms with Gasteiger partial charge in [0.15, 0.2) is 6.71 Å². The third kappa shape index (κ3) is 12.1. The molecule has 12 unspecified atom stereocenters. The third-order valence-electron chi connectivity index (χ3n) is 26.6. The van der Waals surface area contributed by atoms with Crippen molar-refractivity contribution in [2.45, 2.75) is 160 Å². The highest BCUT2D eigenvalue weighted by atomic mass is 32.2. The van der Waals surface area contributed by atoms with Crippen molar-refractivity contribution in [3.63, 3.8) is 0 Å². The van der Waals surface area contributed by atoms with Crippen LogP contribution >= 0.6 is 11.8 Å². The number of para-hydroxylation sites is 3. The number of ether oxygens (including phenoxy) is 1. The van der Waals surface area contributed by atoms with E-state index in [1.54, 1.807) is 0 Å². The zero-order valence-electron chi connectivity index (χ0n) is 62.3. The number of hydrogen-bond donors (Lipinski definition) is 0. The van der Waals surface area contributed by atoms with Crippen LogP contribution in [0.1, 0.15) is 101 Å². The summed E-state index contributed by atoms with van der Waals surface area (Å²) in [5.74, 6) is 2.61. The Bertz CT molecular complexity index is 5070. The van der Waals surface area contributed by atoms with E-state index < -0.39 is 0 Å². The van der Waals surface area contributed by atoms with E-state index in [2.05, 4.69) is 386 Å². The van der Waals surface area contributed by atoms with Crippen molar-refractivity contribution < 1.29 is 4.74 Å². The quantitative estimate of drug-likeness (QED) is 0.107. The minimum absolute atomic E-state index is 0.0117. The minimum Gasteiger partial charge on any atom is -0.491 e. The first-order valence-corrected chi connectivity index (χ1v) is 41.2. The average molecular weight is 1420 g/mol. The van der Waals surface area contributed by atoms with Gasteiger partial charge in [-0.05, 0) is 190 Å². The van der Waals surface area contributed by atoms with E-state index in [1.807, 2.05) is 0 Å². The Kier molecular flexibility index (Phi) is 17.5. The summed E-state index contributed by atoms with van der Waals surface area (Å²) in [6, 6.07) is 115. The fourth-order valence-corrected chi connectivity index (χ4v) is 23.7. The second-order valence-electron chi connectivity index (χ2n) is 33.4. The molecule has 0 amide bonds. The molecule has 5 fully saturated rings. The lowest BCUT2D eigenvalue weighted by Gasteiger charge is -2.62. The summed E-state index contributed by atoms with van der Waals surface area (Å²) in [5.41, 5.74) is 24.1. The summed E-state index contributed by atoms with van der Waals surface area (Å²) in [6.45, 7) is 7.49. The molecule has 12 atom stereocenters. The minimum atomic E-state index is -0.0117. The van der Waals surface area contributed by atoms with Gasteiger partial charge in [-0.1, -0.05) is 299 Å². The molecule has 532 valence electrons. The van der Waals surface area contributed by atoms with Gasteiger partial charge in [-0.25, -0.2) is 0 Å². The van der Waals surface area contributed by atoms with Gasteiger partial charge in [0.25, 0.3) is 0 Å². The van der Waals surface area contributed by atoms with Crippen molar-refractivity contribution in [1.82, 2.24) is 4.90 Å². The van der Waals surface area contributed by atoms with Gasteiger partial charge in [-0.2, -0.15) is 11.8 Å². The molecule has 0 radical (unpaired) electrons. The maximum Gasteiger partial charge on any atom is 0.225 e. The number of anilines is 5. The molecule has 11 aromatic carbocycles. The lowest BCUT2D eigenvalue weighted by atomic mass is 9.22. The molecule has 11 aromatic rings. The third-order valence-corrected chi connectivity index (χ3v) is 28.2. The van der Waals surface area contributed by atoms with Gasteiger partial charge in [0.05, 0.1) is 12.1 Å². The molecule has 0 N–H and O–H groups in total. The van der Waals surface area contributed by atoms with Crippen LogP contribution in [0.2, 0.25) is 17.5 Å². The van der Waals surface area contributed by atoms with Crippen LogP contribution in [-0.2, 0) is 5.41 Å². The first kappa shape index (κ1) is 67.2. The van der Waals surface area contributed by atoms with Gasteiger partial charge in [0.1, 0.15) is 5.75 Å². The number of allylic oxidation sites excluding steroid dienone is 4. The predicted molar refractivity (Wildman–Crippen MR) is 456 cm³/mol. The van der Waals surface area contributed by atoms with Crippen molar-refractivity contribution in [2.75, 3.05) is 14.7 Å². The van der Waals surface area contributed by atoms with Crippen LogP contribution in [0.4, 0.5) is 28.4 Å². The Hall–Kier alpha value is -10.1. The molecular weight excluding hydrogens is 1330 g/mol. The van der Waals surface area contributed by atoms with Crippen molar-refractivity contribution in [2.24, 2.45) is 0 Å². The first-order valence-electron chi connectivity index (χ1n) is 40.3.